The lowest BCUT2D eigenvalue weighted by Crippen LogP contribution is -2.42. The van der Waals surface area contributed by atoms with Crippen LogP contribution in [0.2, 0.25) is 0 Å². The molecule has 162 valence electrons. The van der Waals surface area contributed by atoms with Gasteiger partial charge in [0, 0.05) is 7.05 Å². The van der Waals surface area contributed by atoms with Crippen molar-refractivity contribution >= 4 is 23.1 Å². The molecule has 0 amide bonds. The summed E-state index contributed by atoms with van der Waals surface area (Å²) in [5, 5.41) is 0. The van der Waals surface area contributed by atoms with Gasteiger partial charge in [-0.1, -0.05) is 84.9 Å². The Kier molecular flexibility index (Phi) is 5.98. The predicted octanol–water partition coefficient (Wildman–Crippen LogP) is 6.74. The minimum atomic E-state index is 0.545. The summed E-state index contributed by atoms with van der Waals surface area (Å²) in [7, 11) is 2.02. The van der Waals surface area contributed by atoms with Gasteiger partial charge in [-0.25, -0.2) is 9.98 Å². The van der Waals surface area contributed by atoms with Crippen LogP contribution in [0.1, 0.15) is 0 Å². The number of nitrogens with zero attached hydrogens (tertiary/aromatic N) is 3. The molecule has 4 aromatic rings. The Balaban J connectivity index is 1.41. The molecule has 0 spiro atoms. The molecule has 33 heavy (non-hydrogen) atoms. The van der Waals surface area contributed by atoms with Gasteiger partial charge in [-0.2, -0.15) is 0 Å². The quantitative estimate of drug-likeness (QED) is 0.359. The zero-order valence-electron chi connectivity index (χ0n) is 18.6. The molecule has 0 unspecified atom stereocenters. The fraction of sp³-hybridized carbons (Fsp3) is 0.103. The van der Waals surface area contributed by atoms with Crippen LogP contribution in [0.5, 0.6) is 0 Å². The Morgan fingerprint density at radius 2 is 1.03 bits per heavy atom. The SMILES string of the molecule is CN1CCOC(=Nc2ccc(-c3ccccc3)cc2)C1=Nc1ccc(-c2ccccc2)cc1. The van der Waals surface area contributed by atoms with Gasteiger partial charge in [0.25, 0.3) is 5.90 Å². The first-order chi connectivity index (χ1) is 16.3. The van der Waals surface area contributed by atoms with E-state index in [1.165, 1.54) is 16.7 Å². The fourth-order valence-corrected chi connectivity index (χ4v) is 3.79. The van der Waals surface area contributed by atoms with E-state index >= 15 is 0 Å². The number of ether oxygens (including phenoxy) is 1. The third-order valence-electron chi connectivity index (χ3n) is 5.63. The molecule has 0 atom stereocenters. The molecule has 0 bridgehead atoms. The topological polar surface area (TPSA) is 37.2 Å². The van der Waals surface area contributed by atoms with E-state index in [0.717, 1.165) is 29.3 Å². The van der Waals surface area contributed by atoms with Crippen LogP contribution < -0.4 is 0 Å². The van der Waals surface area contributed by atoms with Crippen molar-refractivity contribution in [2.45, 2.75) is 0 Å². The number of hydrogen-bond acceptors (Lipinski definition) is 3. The molecule has 0 radical (unpaired) electrons. The molecule has 0 N–H and O–H groups in total. The van der Waals surface area contributed by atoms with Crippen LogP contribution in [0.15, 0.2) is 119 Å². The first-order valence-corrected chi connectivity index (χ1v) is 11.1. The van der Waals surface area contributed by atoms with E-state index in [-0.39, 0.29) is 0 Å². The van der Waals surface area contributed by atoms with E-state index in [2.05, 4.69) is 53.4 Å². The summed E-state index contributed by atoms with van der Waals surface area (Å²) in [6, 6.07) is 37.1. The van der Waals surface area contributed by atoms with Gasteiger partial charge in [0.2, 0.25) is 0 Å². The van der Waals surface area contributed by atoms with Gasteiger partial charge in [-0.3, -0.25) is 0 Å². The lowest BCUT2D eigenvalue weighted by molar-refractivity contribution is 0.252. The van der Waals surface area contributed by atoms with Crippen molar-refractivity contribution in [3.63, 3.8) is 0 Å². The normalized spacial score (nSPS) is 16.1. The number of hydrogen-bond donors (Lipinski definition) is 0. The largest absolute Gasteiger partial charge is 0.473 e. The summed E-state index contributed by atoms with van der Waals surface area (Å²) in [6.45, 7) is 1.36. The van der Waals surface area contributed by atoms with Crippen LogP contribution in [0.25, 0.3) is 22.3 Å². The van der Waals surface area contributed by atoms with Crippen molar-refractivity contribution in [2.75, 3.05) is 20.2 Å². The minimum absolute atomic E-state index is 0.545. The molecule has 4 aromatic carbocycles. The predicted molar refractivity (Wildman–Crippen MR) is 137 cm³/mol. The molecule has 1 heterocycles. The second-order valence-electron chi connectivity index (χ2n) is 7.95. The Morgan fingerprint density at radius 1 is 0.576 bits per heavy atom. The van der Waals surface area contributed by atoms with Gasteiger partial charge in [-0.05, 0) is 46.5 Å². The molecule has 5 rings (SSSR count). The van der Waals surface area contributed by atoms with E-state index in [4.69, 9.17) is 14.7 Å². The smallest absolute Gasteiger partial charge is 0.258 e. The molecular weight excluding hydrogens is 406 g/mol. The van der Waals surface area contributed by atoms with Gasteiger partial charge in [0.05, 0.1) is 17.9 Å². The van der Waals surface area contributed by atoms with Crippen molar-refractivity contribution in [2.24, 2.45) is 9.98 Å². The lowest BCUT2D eigenvalue weighted by Gasteiger charge is -2.27. The average molecular weight is 432 g/mol. The van der Waals surface area contributed by atoms with Crippen molar-refractivity contribution in [1.82, 2.24) is 4.90 Å². The highest BCUT2D eigenvalue weighted by Crippen LogP contribution is 2.25. The molecule has 4 nitrogen and oxygen atoms in total. The highest BCUT2D eigenvalue weighted by molar-refractivity contribution is 6.39. The highest BCUT2D eigenvalue weighted by Gasteiger charge is 2.22. The van der Waals surface area contributed by atoms with Gasteiger partial charge < -0.3 is 9.64 Å². The summed E-state index contributed by atoms with van der Waals surface area (Å²) >= 11 is 0. The van der Waals surface area contributed by atoms with E-state index in [1.54, 1.807) is 0 Å². The average Bonchev–Trinajstić information content (AvgIpc) is 2.88. The Morgan fingerprint density at radius 3 is 1.55 bits per heavy atom. The van der Waals surface area contributed by atoms with Gasteiger partial charge in [-0.15, -0.1) is 0 Å². The second-order valence-corrected chi connectivity index (χ2v) is 7.95. The van der Waals surface area contributed by atoms with Crippen LogP contribution in [0.3, 0.4) is 0 Å². The fourth-order valence-electron chi connectivity index (χ4n) is 3.79. The van der Waals surface area contributed by atoms with Gasteiger partial charge >= 0.3 is 0 Å². The van der Waals surface area contributed by atoms with Crippen LogP contribution in [0, 0.1) is 0 Å². The van der Waals surface area contributed by atoms with E-state index in [0.29, 0.717) is 12.5 Å². The summed E-state index contributed by atoms with van der Waals surface area (Å²) in [5.41, 5.74) is 6.41. The summed E-state index contributed by atoms with van der Waals surface area (Å²) in [5.74, 6) is 1.28. The zero-order chi connectivity index (χ0) is 22.5. The number of morpholine rings is 1. The highest BCUT2D eigenvalue weighted by atomic mass is 16.5. The van der Waals surface area contributed by atoms with Crippen LogP contribution >= 0.6 is 0 Å². The Bertz CT molecular complexity index is 1260. The third-order valence-corrected chi connectivity index (χ3v) is 5.63. The zero-order valence-corrected chi connectivity index (χ0v) is 18.6. The standard InChI is InChI=1S/C29H25N3O/c1-32-20-21-33-29(31-27-18-14-25(15-19-27)23-10-6-3-7-11-23)28(32)30-26-16-12-24(13-17-26)22-8-4-2-5-9-22/h2-19H,20-21H2,1H3. The van der Waals surface area contributed by atoms with Crippen LogP contribution in [-0.4, -0.2) is 36.8 Å². The van der Waals surface area contributed by atoms with Gasteiger partial charge in [0.1, 0.15) is 6.61 Å². The maximum absolute atomic E-state index is 5.92. The summed E-state index contributed by atoms with van der Waals surface area (Å²) < 4.78 is 5.92. The maximum Gasteiger partial charge on any atom is 0.258 e. The molecule has 1 fully saturated rings. The first kappa shape index (κ1) is 20.7. The van der Waals surface area contributed by atoms with Crippen molar-refractivity contribution in [3.05, 3.63) is 109 Å². The van der Waals surface area contributed by atoms with E-state index in [9.17, 15) is 0 Å². The molecule has 1 saturated heterocycles. The minimum Gasteiger partial charge on any atom is -0.473 e. The molecule has 1 aliphatic heterocycles. The summed E-state index contributed by atoms with van der Waals surface area (Å²) in [4.78, 5) is 11.7. The van der Waals surface area contributed by atoms with Gasteiger partial charge in [0.15, 0.2) is 5.84 Å². The van der Waals surface area contributed by atoms with Crippen molar-refractivity contribution < 1.29 is 4.74 Å². The Labute approximate surface area is 194 Å². The molecule has 0 saturated carbocycles. The number of aliphatic imine (C=N–C) groups is 2. The number of benzene rings is 4. The maximum atomic E-state index is 5.92. The van der Waals surface area contributed by atoms with Crippen molar-refractivity contribution in [1.29, 1.82) is 0 Å². The first-order valence-electron chi connectivity index (χ1n) is 11.1. The second kappa shape index (κ2) is 9.53. The van der Waals surface area contributed by atoms with E-state index < -0.39 is 0 Å². The van der Waals surface area contributed by atoms with Crippen LogP contribution in [-0.2, 0) is 4.74 Å². The lowest BCUT2D eigenvalue weighted by atomic mass is 10.1. The molecule has 0 aliphatic carbocycles. The number of amidine groups is 1. The molecule has 0 aromatic heterocycles. The third kappa shape index (κ3) is 4.85. The number of rotatable bonds is 4. The molecule has 1 aliphatic rings. The molecule has 4 heteroatoms. The van der Waals surface area contributed by atoms with Crippen molar-refractivity contribution in [3.8, 4) is 22.3 Å². The molecular formula is C29H25N3O. The Hall–Kier alpha value is -4.18. The summed E-state index contributed by atoms with van der Waals surface area (Å²) in [6.07, 6.45) is 0. The van der Waals surface area contributed by atoms with E-state index in [1.807, 2.05) is 67.7 Å². The van der Waals surface area contributed by atoms with Crippen LogP contribution in [0.4, 0.5) is 11.4 Å². The number of likely N-dealkylation sites (N-methyl/N-ethyl adjacent to an activating group) is 1. The monoisotopic (exact) mass is 431 g/mol.